The van der Waals surface area contributed by atoms with Gasteiger partial charge in [-0.2, -0.15) is 0 Å². The van der Waals surface area contributed by atoms with Crippen molar-refractivity contribution in [3.63, 3.8) is 0 Å². The summed E-state index contributed by atoms with van der Waals surface area (Å²) >= 11 is 0. The fraction of sp³-hybridized carbons (Fsp3) is 0.222. The predicted molar refractivity (Wildman–Crippen MR) is 58.7 cm³/mol. The molecule has 7 heteroatoms. The van der Waals surface area contributed by atoms with E-state index < -0.39 is 23.6 Å². The van der Waals surface area contributed by atoms with Gasteiger partial charge in [-0.15, -0.1) is 12.4 Å². The highest BCUT2D eigenvalue weighted by Crippen LogP contribution is 2.30. The lowest BCUT2D eigenvalue weighted by atomic mass is 10.1. The van der Waals surface area contributed by atoms with Crippen molar-refractivity contribution in [2.75, 3.05) is 12.8 Å². The standard InChI is InChI=1S/C9H11FN2O3.ClH/c1-15-9(14)7(12)5-2-4(10)3-6(11)8(5)13;/h2-3,7,13H,11-12H2,1H3;1H/t7-;/m1./s1. The summed E-state index contributed by atoms with van der Waals surface area (Å²) < 4.78 is 17.3. The number of hydrogen-bond donors (Lipinski definition) is 3. The molecule has 0 bridgehead atoms. The van der Waals surface area contributed by atoms with Crippen molar-refractivity contribution in [1.29, 1.82) is 0 Å². The van der Waals surface area contributed by atoms with Gasteiger partial charge in [0.2, 0.25) is 0 Å². The van der Waals surface area contributed by atoms with Crippen LogP contribution in [0.25, 0.3) is 0 Å². The summed E-state index contributed by atoms with van der Waals surface area (Å²) in [6.45, 7) is 0. The number of phenols is 1. The van der Waals surface area contributed by atoms with Crippen molar-refractivity contribution in [1.82, 2.24) is 0 Å². The molecule has 1 atom stereocenters. The van der Waals surface area contributed by atoms with Crippen LogP contribution in [0.3, 0.4) is 0 Å². The van der Waals surface area contributed by atoms with Crippen LogP contribution in [0.4, 0.5) is 10.1 Å². The van der Waals surface area contributed by atoms with Crippen molar-refractivity contribution >= 4 is 24.1 Å². The first-order valence-corrected chi connectivity index (χ1v) is 4.08. The first kappa shape index (κ1) is 14.5. The molecule has 0 aliphatic heterocycles. The van der Waals surface area contributed by atoms with E-state index in [9.17, 15) is 14.3 Å². The Balaban J connectivity index is 0.00000225. The van der Waals surface area contributed by atoms with Crippen LogP contribution < -0.4 is 11.5 Å². The third-order valence-electron chi connectivity index (χ3n) is 1.92. The molecule has 0 aromatic heterocycles. The lowest BCUT2D eigenvalue weighted by Crippen LogP contribution is -2.23. The Kier molecular flexibility index (Phi) is 5.00. The molecule has 0 saturated carbocycles. The number of methoxy groups -OCH3 is 1. The van der Waals surface area contributed by atoms with Gasteiger partial charge in [-0.05, 0) is 6.07 Å². The second-order valence-electron chi connectivity index (χ2n) is 2.93. The third-order valence-corrected chi connectivity index (χ3v) is 1.92. The predicted octanol–water partition coefficient (Wildman–Crippen LogP) is 0.708. The number of ether oxygens (including phenoxy) is 1. The van der Waals surface area contributed by atoms with E-state index in [1.807, 2.05) is 0 Å². The zero-order chi connectivity index (χ0) is 11.6. The van der Waals surface area contributed by atoms with Crippen molar-refractivity contribution in [2.24, 2.45) is 5.73 Å². The number of nitrogens with two attached hydrogens (primary N) is 2. The van der Waals surface area contributed by atoms with Gasteiger partial charge >= 0.3 is 5.97 Å². The normalized spacial score (nSPS) is 11.4. The molecule has 90 valence electrons. The number of phenolic OH excluding ortho intramolecular Hbond substituents is 1. The molecule has 0 radical (unpaired) electrons. The molecule has 0 unspecified atom stereocenters. The summed E-state index contributed by atoms with van der Waals surface area (Å²) in [6, 6.07) is 0.615. The zero-order valence-corrected chi connectivity index (χ0v) is 9.25. The molecular weight excluding hydrogens is 239 g/mol. The SMILES string of the molecule is COC(=O)[C@H](N)c1cc(F)cc(N)c1O.Cl. The van der Waals surface area contributed by atoms with Gasteiger partial charge in [0.05, 0.1) is 12.8 Å². The second kappa shape index (κ2) is 5.53. The minimum absolute atomic E-state index is 0. The van der Waals surface area contributed by atoms with Crippen LogP contribution in [-0.2, 0) is 9.53 Å². The minimum atomic E-state index is -1.26. The second-order valence-corrected chi connectivity index (χ2v) is 2.93. The van der Waals surface area contributed by atoms with Crippen LogP contribution in [0.2, 0.25) is 0 Å². The van der Waals surface area contributed by atoms with Crippen LogP contribution in [0.15, 0.2) is 12.1 Å². The number of benzene rings is 1. The van der Waals surface area contributed by atoms with E-state index in [1.54, 1.807) is 0 Å². The average Bonchev–Trinajstić information content (AvgIpc) is 2.21. The van der Waals surface area contributed by atoms with Crippen LogP contribution in [0, 0.1) is 5.82 Å². The smallest absolute Gasteiger partial charge is 0.327 e. The molecule has 16 heavy (non-hydrogen) atoms. The van der Waals surface area contributed by atoms with E-state index in [1.165, 1.54) is 0 Å². The van der Waals surface area contributed by atoms with Crippen LogP contribution >= 0.6 is 12.4 Å². The number of halogens is 2. The van der Waals surface area contributed by atoms with E-state index in [2.05, 4.69) is 4.74 Å². The third kappa shape index (κ3) is 2.74. The fourth-order valence-corrected chi connectivity index (χ4v) is 1.13. The number of carbonyl (C=O) groups is 1. The maximum absolute atomic E-state index is 12.9. The molecule has 1 rings (SSSR count). The molecule has 1 aromatic rings. The molecule has 5 N–H and O–H groups in total. The quantitative estimate of drug-likeness (QED) is 0.408. The summed E-state index contributed by atoms with van der Waals surface area (Å²) in [4.78, 5) is 11.1. The van der Waals surface area contributed by atoms with Gasteiger partial charge in [-0.25, -0.2) is 4.39 Å². The number of esters is 1. The van der Waals surface area contributed by atoms with Crippen molar-refractivity contribution < 1.29 is 19.0 Å². The van der Waals surface area contributed by atoms with Crippen LogP contribution in [0.5, 0.6) is 5.75 Å². The molecule has 0 fully saturated rings. The number of hydrogen-bond acceptors (Lipinski definition) is 5. The minimum Gasteiger partial charge on any atom is -0.505 e. The Hall–Kier alpha value is -1.53. The highest BCUT2D eigenvalue weighted by molar-refractivity contribution is 5.85. The number of rotatable bonds is 2. The molecule has 0 aliphatic carbocycles. The lowest BCUT2D eigenvalue weighted by Gasteiger charge is -2.12. The van der Waals surface area contributed by atoms with E-state index >= 15 is 0 Å². The highest BCUT2D eigenvalue weighted by Gasteiger charge is 2.21. The summed E-state index contributed by atoms with van der Waals surface area (Å²) in [5.41, 5.74) is 10.5. The fourth-order valence-electron chi connectivity index (χ4n) is 1.13. The molecule has 0 amide bonds. The van der Waals surface area contributed by atoms with E-state index in [4.69, 9.17) is 11.5 Å². The molecule has 0 saturated heterocycles. The maximum Gasteiger partial charge on any atom is 0.327 e. The Morgan fingerprint density at radius 1 is 1.56 bits per heavy atom. The maximum atomic E-state index is 12.9. The van der Waals surface area contributed by atoms with Gasteiger partial charge in [0.25, 0.3) is 0 Å². The van der Waals surface area contributed by atoms with E-state index in [0.29, 0.717) is 0 Å². The largest absolute Gasteiger partial charge is 0.505 e. The molecule has 0 spiro atoms. The Labute approximate surface area is 97.6 Å². The number of anilines is 1. The van der Waals surface area contributed by atoms with Crippen molar-refractivity contribution in [2.45, 2.75) is 6.04 Å². The monoisotopic (exact) mass is 250 g/mol. The van der Waals surface area contributed by atoms with Crippen molar-refractivity contribution in [3.05, 3.63) is 23.5 Å². The highest BCUT2D eigenvalue weighted by atomic mass is 35.5. The van der Waals surface area contributed by atoms with Crippen molar-refractivity contribution in [3.8, 4) is 5.75 Å². The lowest BCUT2D eigenvalue weighted by molar-refractivity contribution is -0.142. The summed E-state index contributed by atoms with van der Waals surface area (Å²) in [5.74, 6) is -1.87. The summed E-state index contributed by atoms with van der Waals surface area (Å²) in [7, 11) is 1.14. The topological polar surface area (TPSA) is 98.6 Å². The van der Waals surface area contributed by atoms with Crippen LogP contribution in [0.1, 0.15) is 11.6 Å². The van der Waals surface area contributed by atoms with Gasteiger partial charge in [0, 0.05) is 11.6 Å². The zero-order valence-electron chi connectivity index (χ0n) is 8.44. The summed E-state index contributed by atoms with van der Waals surface area (Å²) in [6.07, 6.45) is 0. The Bertz CT molecular complexity index is 401. The van der Waals surface area contributed by atoms with Gasteiger partial charge in [-0.3, -0.25) is 4.79 Å². The van der Waals surface area contributed by atoms with Gasteiger partial charge in [-0.1, -0.05) is 0 Å². The number of aromatic hydroxyl groups is 1. The Morgan fingerprint density at radius 3 is 2.62 bits per heavy atom. The Morgan fingerprint density at radius 2 is 2.12 bits per heavy atom. The first-order chi connectivity index (χ1) is 6.97. The molecular formula is C9H12ClFN2O3. The van der Waals surface area contributed by atoms with Gasteiger partial charge < -0.3 is 21.3 Å². The number of nitrogen functional groups attached to an aromatic ring is 1. The molecule has 0 aliphatic rings. The number of carbonyl (C=O) groups excluding carboxylic acids is 1. The molecule has 1 aromatic carbocycles. The van der Waals surface area contributed by atoms with E-state index in [-0.39, 0.29) is 23.7 Å². The molecule has 0 heterocycles. The van der Waals surface area contributed by atoms with Gasteiger partial charge in [0.15, 0.2) is 0 Å². The van der Waals surface area contributed by atoms with Crippen LogP contribution in [-0.4, -0.2) is 18.2 Å². The van der Waals surface area contributed by atoms with E-state index in [0.717, 1.165) is 19.2 Å². The molecule has 5 nitrogen and oxygen atoms in total. The average molecular weight is 251 g/mol. The van der Waals surface area contributed by atoms with Gasteiger partial charge in [0.1, 0.15) is 17.6 Å². The first-order valence-electron chi connectivity index (χ1n) is 4.08. The summed E-state index contributed by atoms with van der Waals surface area (Å²) in [5, 5.41) is 9.46.